The largest absolute Gasteiger partial charge is 0.462 e. The summed E-state index contributed by atoms with van der Waals surface area (Å²) >= 11 is 0. The van der Waals surface area contributed by atoms with E-state index in [1.54, 1.807) is 13.0 Å². The number of nitrogens with two attached hydrogens (primary N) is 1. The first-order chi connectivity index (χ1) is 10.2. The number of esters is 1. The first-order valence-electron chi connectivity index (χ1n) is 8.00. The van der Waals surface area contributed by atoms with Gasteiger partial charge in [0.25, 0.3) is 0 Å². The minimum Gasteiger partial charge on any atom is -0.462 e. The van der Waals surface area contributed by atoms with Crippen LogP contribution in [0.3, 0.4) is 0 Å². The van der Waals surface area contributed by atoms with Crippen LogP contribution in [0.15, 0.2) is 18.2 Å². The van der Waals surface area contributed by atoms with E-state index in [0.717, 1.165) is 12.2 Å². The molecule has 1 heterocycles. The highest BCUT2D eigenvalue weighted by Gasteiger charge is 2.23. The Bertz CT molecular complexity index is 486. The molecule has 1 aliphatic heterocycles. The average Bonchev–Trinajstić information content (AvgIpc) is 2.48. The Morgan fingerprint density at radius 2 is 2.19 bits per heavy atom. The highest BCUT2D eigenvalue weighted by atomic mass is 16.5. The molecule has 1 saturated heterocycles. The lowest BCUT2D eigenvalue weighted by Crippen LogP contribution is -2.39. The molecular weight excluding hydrogens is 264 g/mol. The van der Waals surface area contributed by atoms with E-state index in [1.807, 2.05) is 12.1 Å². The Balaban J connectivity index is 2.20. The van der Waals surface area contributed by atoms with E-state index in [1.165, 1.54) is 32.1 Å². The summed E-state index contributed by atoms with van der Waals surface area (Å²) < 4.78 is 5.02. The maximum Gasteiger partial charge on any atom is 0.338 e. The lowest BCUT2D eigenvalue weighted by molar-refractivity contribution is 0.0526. The first kappa shape index (κ1) is 15.7. The van der Waals surface area contributed by atoms with Crippen molar-refractivity contribution >= 4 is 17.3 Å². The predicted molar refractivity (Wildman–Crippen MR) is 86.7 cm³/mol. The van der Waals surface area contributed by atoms with Gasteiger partial charge in [0.05, 0.1) is 23.5 Å². The van der Waals surface area contributed by atoms with Crippen LogP contribution >= 0.6 is 0 Å². The lowest BCUT2D eigenvalue weighted by Gasteiger charge is -2.38. The van der Waals surface area contributed by atoms with E-state index >= 15 is 0 Å². The predicted octanol–water partition coefficient (Wildman–Crippen LogP) is 3.60. The number of carbonyl (C=O) groups excluding carboxylic acids is 1. The van der Waals surface area contributed by atoms with Crippen LogP contribution < -0.4 is 10.6 Å². The molecule has 1 fully saturated rings. The zero-order valence-electron chi connectivity index (χ0n) is 13.1. The molecule has 116 valence electrons. The summed E-state index contributed by atoms with van der Waals surface area (Å²) in [6, 6.07) is 6.10. The third-order valence-corrected chi connectivity index (χ3v) is 4.10. The summed E-state index contributed by atoms with van der Waals surface area (Å²) in [4.78, 5) is 14.2. The molecule has 2 rings (SSSR count). The summed E-state index contributed by atoms with van der Waals surface area (Å²) in [5, 5.41) is 0. The van der Waals surface area contributed by atoms with Crippen LogP contribution in [0.1, 0.15) is 56.3 Å². The van der Waals surface area contributed by atoms with Crippen molar-refractivity contribution in [3.8, 4) is 0 Å². The average molecular weight is 290 g/mol. The molecule has 1 aliphatic rings. The normalized spacial score (nSPS) is 18.6. The molecule has 2 N–H and O–H groups in total. The van der Waals surface area contributed by atoms with Gasteiger partial charge >= 0.3 is 5.97 Å². The molecule has 1 aromatic rings. The SMILES string of the molecule is CCCC1CCCCN1c1ccc(C(=O)OCC)cc1N. The lowest BCUT2D eigenvalue weighted by atomic mass is 9.97. The molecule has 1 atom stereocenters. The van der Waals surface area contributed by atoms with Crippen molar-refractivity contribution in [2.45, 2.75) is 52.0 Å². The number of carbonyl (C=O) groups is 1. The highest BCUT2D eigenvalue weighted by Crippen LogP contribution is 2.32. The number of ether oxygens (including phenoxy) is 1. The van der Waals surface area contributed by atoms with Crippen LogP contribution in [0.2, 0.25) is 0 Å². The Morgan fingerprint density at radius 1 is 1.38 bits per heavy atom. The molecule has 0 aliphatic carbocycles. The molecule has 0 bridgehead atoms. The van der Waals surface area contributed by atoms with Gasteiger partial charge in [0.2, 0.25) is 0 Å². The van der Waals surface area contributed by atoms with E-state index in [4.69, 9.17) is 10.5 Å². The molecule has 0 saturated carbocycles. The fourth-order valence-corrected chi connectivity index (χ4v) is 3.11. The fraction of sp³-hybridized carbons (Fsp3) is 0.588. The number of piperidine rings is 1. The number of hydrogen-bond acceptors (Lipinski definition) is 4. The van der Waals surface area contributed by atoms with E-state index in [2.05, 4.69) is 11.8 Å². The van der Waals surface area contributed by atoms with E-state index in [-0.39, 0.29) is 5.97 Å². The quantitative estimate of drug-likeness (QED) is 0.665. The van der Waals surface area contributed by atoms with Gasteiger partial charge in [-0.25, -0.2) is 4.79 Å². The molecule has 1 unspecified atom stereocenters. The van der Waals surface area contributed by atoms with Crippen molar-refractivity contribution in [1.82, 2.24) is 0 Å². The van der Waals surface area contributed by atoms with Gasteiger partial charge in [0.15, 0.2) is 0 Å². The Morgan fingerprint density at radius 3 is 2.86 bits per heavy atom. The maximum atomic E-state index is 11.8. The number of hydrogen-bond donors (Lipinski definition) is 1. The van der Waals surface area contributed by atoms with Gasteiger partial charge in [-0.2, -0.15) is 0 Å². The molecule has 0 radical (unpaired) electrons. The zero-order chi connectivity index (χ0) is 15.2. The first-order valence-corrected chi connectivity index (χ1v) is 8.00. The number of nitrogens with zero attached hydrogens (tertiary/aromatic N) is 1. The molecule has 0 aromatic heterocycles. The molecule has 0 amide bonds. The van der Waals surface area contributed by atoms with E-state index in [9.17, 15) is 4.79 Å². The van der Waals surface area contributed by atoms with Crippen molar-refractivity contribution in [1.29, 1.82) is 0 Å². The molecule has 4 nitrogen and oxygen atoms in total. The Kier molecular flexibility index (Phi) is 5.48. The van der Waals surface area contributed by atoms with Crippen molar-refractivity contribution < 1.29 is 9.53 Å². The standard InChI is InChI=1S/C17H26N2O2/c1-3-7-14-8-5-6-11-19(14)16-10-9-13(12-15(16)18)17(20)21-4-2/h9-10,12,14H,3-8,11,18H2,1-2H3. The van der Waals surface area contributed by atoms with Crippen molar-refractivity contribution in [3.63, 3.8) is 0 Å². The van der Waals surface area contributed by atoms with Crippen molar-refractivity contribution in [2.75, 3.05) is 23.8 Å². The zero-order valence-corrected chi connectivity index (χ0v) is 13.1. The van der Waals surface area contributed by atoms with E-state index < -0.39 is 0 Å². The third-order valence-electron chi connectivity index (χ3n) is 4.10. The second kappa shape index (κ2) is 7.34. The Labute approximate surface area is 127 Å². The maximum absolute atomic E-state index is 11.8. The summed E-state index contributed by atoms with van der Waals surface area (Å²) in [7, 11) is 0. The molecule has 4 heteroatoms. The minimum atomic E-state index is -0.306. The minimum absolute atomic E-state index is 0.306. The number of anilines is 2. The number of nitrogen functional groups attached to an aromatic ring is 1. The highest BCUT2D eigenvalue weighted by molar-refractivity contribution is 5.92. The summed E-state index contributed by atoms with van der Waals surface area (Å²) in [5.41, 5.74) is 8.45. The fourth-order valence-electron chi connectivity index (χ4n) is 3.11. The summed E-state index contributed by atoms with van der Waals surface area (Å²) in [6.07, 6.45) is 6.11. The van der Waals surface area contributed by atoms with Gasteiger partial charge in [-0.05, 0) is 50.8 Å². The van der Waals surface area contributed by atoms with Gasteiger partial charge in [-0.3, -0.25) is 0 Å². The van der Waals surface area contributed by atoms with Crippen molar-refractivity contribution in [3.05, 3.63) is 23.8 Å². The number of benzene rings is 1. The summed E-state index contributed by atoms with van der Waals surface area (Å²) in [5.74, 6) is -0.306. The van der Waals surface area contributed by atoms with Crippen LogP contribution in [-0.2, 0) is 4.74 Å². The monoisotopic (exact) mass is 290 g/mol. The van der Waals surface area contributed by atoms with Gasteiger partial charge in [-0.15, -0.1) is 0 Å². The third kappa shape index (κ3) is 3.69. The van der Waals surface area contributed by atoms with Crippen molar-refractivity contribution in [2.24, 2.45) is 0 Å². The van der Waals surface area contributed by atoms with Crippen LogP contribution in [0.25, 0.3) is 0 Å². The Hall–Kier alpha value is -1.71. The molecule has 21 heavy (non-hydrogen) atoms. The van der Waals surface area contributed by atoms with Gasteiger partial charge in [0, 0.05) is 12.6 Å². The van der Waals surface area contributed by atoms with Gasteiger partial charge in [-0.1, -0.05) is 13.3 Å². The van der Waals surface area contributed by atoms with Crippen LogP contribution in [-0.4, -0.2) is 25.2 Å². The molecule has 0 spiro atoms. The van der Waals surface area contributed by atoms with Crippen LogP contribution in [0, 0.1) is 0 Å². The summed E-state index contributed by atoms with van der Waals surface area (Å²) in [6.45, 7) is 5.46. The smallest absolute Gasteiger partial charge is 0.338 e. The van der Waals surface area contributed by atoms with Crippen LogP contribution in [0.5, 0.6) is 0 Å². The van der Waals surface area contributed by atoms with Gasteiger partial charge in [0.1, 0.15) is 0 Å². The van der Waals surface area contributed by atoms with Crippen LogP contribution in [0.4, 0.5) is 11.4 Å². The number of rotatable bonds is 5. The molecular formula is C17H26N2O2. The molecule has 1 aromatic carbocycles. The van der Waals surface area contributed by atoms with E-state index in [0.29, 0.717) is 23.9 Å². The topological polar surface area (TPSA) is 55.6 Å². The van der Waals surface area contributed by atoms with Gasteiger partial charge < -0.3 is 15.4 Å². The second-order valence-electron chi connectivity index (χ2n) is 5.63. The second-order valence-corrected chi connectivity index (χ2v) is 5.63.